The number of rotatable bonds is 3. The van der Waals surface area contributed by atoms with E-state index in [0.717, 1.165) is 12.4 Å². The van der Waals surface area contributed by atoms with Gasteiger partial charge in [-0.15, -0.1) is 0 Å². The number of urea groups is 1. The lowest BCUT2D eigenvalue weighted by Crippen LogP contribution is -2.55. The Balaban J connectivity index is 1.37. The smallest absolute Gasteiger partial charge is 0.317 e. The zero-order valence-corrected chi connectivity index (χ0v) is 16.7. The molecule has 8 heteroatoms. The van der Waals surface area contributed by atoms with Crippen molar-refractivity contribution in [2.45, 2.75) is 63.2 Å². The Morgan fingerprint density at radius 2 is 2.00 bits per heavy atom. The Morgan fingerprint density at radius 1 is 1.25 bits per heavy atom. The van der Waals surface area contributed by atoms with Gasteiger partial charge in [0.2, 0.25) is 0 Å². The van der Waals surface area contributed by atoms with Crippen molar-refractivity contribution in [3.8, 4) is 0 Å². The molecule has 3 amide bonds. The maximum absolute atomic E-state index is 12.6. The molecule has 0 radical (unpaired) electrons. The first kappa shape index (κ1) is 19.2. The molecule has 0 unspecified atom stereocenters. The minimum absolute atomic E-state index is 0.0161. The predicted octanol–water partition coefficient (Wildman–Crippen LogP) is 1.61. The number of aromatic nitrogens is 2. The van der Waals surface area contributed by atoms with Crippen molar-refractivity contribution < 1.29 is 14.3 Å². The van der Waals surface area contributed by atoms with Crippen LogP contribution in [0.3, 0.4) is 0 Å². The molecule has 3 heterocycles. The molecule has 4 rings (SSSR count). The minimum atomic E-state index is -0.598. The third kappa shape index (κ3) is 3.74. The molecule has 0 aromatic carbocycles. The van der Waals surface area contributed by atoms with Gasteiger partial charge in [-0.05, 0) is 18.8 Å². The third-order valence-corrected chi connectivity index (χ3v) is 6.52. The van der Waals surface area contributed by atoms with Gasteiger partial charge in [0.25, 0.3) is 5.91 Å². The number of ether oxygens (including phenoxy) is 1. The molecular formula is C20H31N5O3. The molecule has 1 aromatic rings. The van der Waals surface area contributed by atoms with Crippen LogP contribution in [0.25, 0.3) is 0 Å². The fourth-order valence-corrected chi connectivity index (χ4v) is 4.84. The summed E-state index contributed by atoms with van der Waals surface area (Å²) in [7, 11) is 1.63. The summed E-state index contributed by atoms with van der Waals surface area (Å²) in [6.07, 6.45) is 10.8. The van der Waals surface area contributed by atoms with Gasteiger partial charge in [0.05, 0.1) is 6.54 Å². The second kappa shape index (κ2) is 8.11. The molecule has 1 aliphatic carbocycles. The van der Waals surface area contributed by atoms with Crippen LogP contribution in [0, 0.1) is 5.92 Å². The number of nitrogens with zero attached hydrogens (tertiary/aromatic N) is 3. The lowest BCUT2D eigenvalue weighted by atomic mass is 9.88. The molecule has 8 nitrogen and oxygen atoms in total. The van der Waals surface area contributed by atoms with Crippen molar-refractivity contribution in [3.63, 3.8) is 0 Å². The van der Waals surface area contributed by atoms with E-state index in [1.54, 1.807) is 13.2 Å². The molecule has 2 N–H and O–H groups in total. The van der Waals surface area contributed by atoms with E-state index in [4.69, 9.17) is 4.74 Å². The van der Waals surface area contributed by atoms with Crippen LogP contribution in [0.4, 0.5) is 4.79 Å². The molecular weight excluding hydrogens is 358 g/mol. The normalized spacial score (nSPS) is 24.6. The number of hydrogen-bond acceptors (Lipinski definition) is 4. The van der Waals surface area contributed by atoms with Crippen LogP contribution < -0.4 is 10.6 Å². The molecule has 1 aromatic heterocycles. The second-order valence-corrected chi connectivity index (χ2v) is 8.30. The van der Waals surface area contributed by atoms with Crippen LogP contribution >= 0.6 is 0 Å². The Hall–Kier alpha value is -2.09. The summed E-state index contributed by atoms with van der Waals surface area (Å²) in [4.78, 5) is 31.2. The van der Waals surface area contributed by atoms with Crippen LogP contribution in [-0.2, 0) is 21.7 Å². The second-order valence-electron chi connectivity index (χ2n) is 8.30. The summed E-state index contributed by atoms with van der Waals surface area (Å²) < 4.78 is 8.30. The Bertz CT molecular complexity index is 704. The van der Waals surface area contributed by atoms with Gasteiger partial charge >= 0.3 is 6.03 Å². The highest BCUT2D eigenvalue weighted by molar-refractivity contribution is 5.80. The Kier molecular flexibility index (Phi) is 5.57. The number of amides is 3. The van der Waals surface area contributed by atoms with Crippen molar-refractivity contribution in [3.05, 3.63) is 18.2 Å². The molecule has 0 bridgehead atoms. The average Bonchev–Trinajstić information content (AvgIpc) is 3.22. The summed E-state index contributed by atoms with van der Waals surface area (Å²) >= 11 is 0. The number of carbonyl (C=O) groups is 2. The lowest BCUT2D eigenvalue weighted by molar-refractivity contribution is -0.171. The van der Waals surface area contributed by atoms with Gasteiger partial charge in [-0.3, -0.25) is 4.79 Å². The molecule has 28 heavy (non-hydrogen) atoms. The van der Waals surface area contributed by atoms with Crippen LogP contribution in [0.15, 0.2) is 12.4 Å². The fraction of sp³-hybridized carbons (Fsp3) is 0.750. The minimum Gasteiger partial charge on any atom is -0.357 e. The van der Waals surface area contributed by atoms with Crippen molar-refractivity contribution >= 4 is 11.9 Å². The van der Waals surface area contributed by atoms with E-state index < -0.39 is 11.7 Å². The van der Waals surface area contributed by atoms with E-state index in [1.807, 2.05) is 15.7 Å². The van der Waals surface area contributed by atoms with Gasteiger partial charge in [0, 0.05) is 51.9 Å². The van der Waals surface area contributed by atoms with Gasteiger partial charge in [-0.25, -0.2) is 9.78 Å². The molecule has 2 aliphatic heterocycles. The Labute approximate surface area is 166 Å². The Morgan fingerprint density at radius 3 is 2.71 bits per heavy atom. The maximum atomic E-state index is 12.6. The molecule has 1 spiro atoms. The van der Waals surface area contributed by atoms with Crippen molar-refractivity contribution in [1.82, 2.24) is 25.1 Å². The van der Waals surface area contributed by atoms with E-state index in [2.05, 4.69) is 15.6 Å². The number of carbonyl (C=O) groups excluding carboxylic acids is 2. The molecule has 1 atom stereocenters. The number of piperidine rings is 1. The highest BCUT2D eigenvalue weighted by Gasteiger charge is 2.47. The van der Waals surface area contributed by atoms with Crippen molar-refractivity contribution in [2.24, 2.45) is 5.92 Å². The summed E-state index contributed by atoms with van der Waals surface area (Å²) in [5.41, 5.74) is -0.598. The number of nitrogens with one attached hydrogen (secondary N) is 2. The zero-order valence-electron chi connectivity index (χ0n) is 16.7. The van der Waals surface area contributed by atoms with Crippen LogP contribution in [0.2, 0.25) is 0 Å². The summed E-state index contributed by atoms with van der Waals surface area (Å²) in [5, 5.41) is 5.81. The first-order valence-electron chi connectivity index (χ1n) is 10.5. The number of likely N-dealkylation sites (N-methyl/N-ethyl adjacent to an activating group) is 1. The predicted molar refractivity (Wildman–Crippen MR) is 104 cm³/mol. The summed E-state index contributed by atoms with van der Waals surface area (Å²) in [6.45, 7) is 2.45. The van der Waals surface area contributed by atoms with E-state index in [9.17, 15) is 9.59 Å². The molecule has 154 valence electrons. The van der Waals surface area contributed by atoms with Crippen LogP contribution in [0.5, 0.6) is 0 Å². The largest absolute Gasteiger partial charge is 0.357 e. The number of likely N-dealkylation sites (tertiary alicyclic amines) is 1. The van der Waals surface area contributed by atoms with Gasteiger partial charge in [0.1, 0.15) is 11.4 Å². The highest BCUT2D eigenvalue weighted by atomic mass is 16.5. The van der Waals surface area contributed by atoms with Gasteiger partial charge in [-0.1, -0.05) is 19.3 Å². The quantitative estimate of drug-likeness (QED) is 0.822. The molecule has 1 saturated carbocycles. The van der Waals surface area contributed by atoms with Crippen LogP contribution in [0.1, 0.15) is 50.8 Å². The molecule has 2 fully saturated rings. The fourth-order valence-electron chi connectivity index (χ4n) is 4.84. The number of imidazole rings is 1. The lowest BCUT2D eigenvalue weighted by Gasteiger charge is -2.45. The average molecular weight is 390 g/mol. The van der Waals surface area contributed by atoms with Crippen molar-refractivity contribution in [1.29, 1.82) is 0 Å². The number of hydrogen-bond donors (Lipinski definition) is 2. The number of fused-ring (bicyclic) bond motifs is 2. The van der Waals surface area contributed by atoms with E-state index in [1.165, 1.54) is 32.1 Å². The van der Waals surface area contributed by atoms with E-state index in [-0.39, 0.29) is 11.9 Å². The van der Waals surface area contributed by atoms with Gasteiger partial charge in [-0.2, -0.15) is 0 Å². The molecule has 1 saturated heterocycles. The first-order chi connectivity index (χ1) is 13.6. The third-order valence-electron chi connectivity index (χ3n) is 6.52. The SMILES string of the molecule is CNC(=O)[C@H]1Cn2ccnc2C2(CCN(C(=O)NCC3CCCCC3)CC2)O1. The zero-order chi connectivity index (χ0) is 19.6. The van der Waals surface area contributed by atoms with Gasteiger partial charge in [0.15, 0.2) is 6.10 Å². The van der Waals surface area contributed by atoms with Crippen molar-refractivity contribution in [2.75, 3.05) is 26.7 Å². The summed E-state index contributed by atoms with van der Waals surface area (Å²) in [5.74, 6) is 1.37. The topological polar surface area (TPSA) is 88.5 Å². The first-order valence-corrected chi connectivity index (χ1v) is 10.5. The van der Waals surface area contributed by atoms with E-state index >= 15 is 0 Å². The highest BCUT2D eigenvalue weighted by Crippen LogP contribution is 2.40. The molecule has 3 aliphatic rings. The van der Waals surface area contributed by atoms with Gasteiger partial charge < -0.3 is 24.8 Å². The van der Waals surface area contributed by atoms with E-state index in [0.29, 0.717) is 38.4 Å². The van der Waals surface area contributed by atoms with Crippen LogP contribution in [-0.4, -0.2) is 59.2 Å². The monoisotopic (exact) mass is 389 g/mol. The summed E-state index contributed by atoms with van der Waals surface area (Å²) in [6, 6.07) is 0.0161. The standard InChI is InChI=1S/C20H31N5O3/c1-21-17(26)16-14-25-12-9-22-18(25)20(28-16)7-10-24(11-8-20)19(27)23-13-15-5-3-2-4-6-15/h9,12,15-16H,2-8,10-11,13-14H2,1H3,(H,21,26)(H,23,27)/t16-/m1/s1. The maximum Gasteiger partial charge on any atom is 0.317 e.